The van der Waals surface area contributed by atoms with Crippen LogP contribution in [-0.4, -0.2) is 25.7 Å². The number of hydrogen-bond donors (Lipinski definition) is 2. The average molecular weight is 238 g/mol. The minimum atomic E-state index is 0.731. The molecule has 1 aliphatic heterocycles. The van der Waals surface area contributed by atoms with Crippen molar-refractivity contribution in [3.8, 4) is 0 Å². The molecule has 3 atom stereocenters. The van der Waals surface area contributed by atoms with E-state index in [0.717, 1.165) is 18.0 Å². The maximum Gasteiger partial charge on any atom is 0.0192 e. The predicted molar refractivity (Wildman–Crippen MR) is 76.3 cm³/mol. The molecule has 2 aliphatic rings. The van der Waals surface area contributed by atoms with Gasteiger partial charge in [0.25, 0.3) is 0 Å². The summed E-state index contributed by atoms with van der Waals surface area (Å²) in [4.78, 5) is 0. The van der Waals surface area contributed by atoms with Gasteiger partial charge in [0.15, 0.2) is 0 Å². The summed E-state index contributed by atoms with van der Waals surface area (Å²) in [5.74, 6) is 0.973. The highest BCUT2D eigenvalue weighted by atomic mass is 15.0. The molecule has 0 aromatic carbocycles. The molecule has 2 rings (SSSR count). The zero-order valence-electron chi connectivity index (χ0n) is 11.7. The lowest BCUT2D eigenvalue weighted by Crippen LogP contribution is -2.49. The molecule has 2 heteroatoms. The van der Waals surface area contributed by atoms with Gasteiger partial charge in [-0.25, -0.2) is 0 Å². The highest BCUT2D eigenvalue weighted by Crippen LogP contribution is 2.31. The zero-order valence-corrected chi connectivity index (χ0v) is 11.7. The van der Waals surface area contributed by atoms with Crippen LogP contribution in [0.1, 0.15) is 51.9 Å². The molecule has 0 spiro atoms. The Morgan fingerprint density at radius 1 is 1.41 bits per heavy atom. The number of unbranched alkanes of at least 4 members (excludes halogenated alkanes) is 2. The van der Waals surface area contributed by atoms with Crippen molar-refractivity contribution in [2.24, 2.45) is 5.92 Å². The summed E-state index contributed by atoms with van der Waals surface area (Å²) in [6.07, 6.45) is 11.4. The van der Waals surface area contributed by atoms with Crippen molar-refractivity contribution < 1.29 is 0 Å². The van der Waals surface area contributed by atoms with Gasteiger partial charge in [-0.3, -0.25) is 0 Å². The maximum atomic E-state index is 3.62. The van der Waals surface area contributed by atoms with Gasteiger partial charge >= 0.3 is 0 Å². The Morgan fingerprint density at radius 2 is 2.24 bits per heavy atom. The van der Waals surface area contributed by atoms with E-state index in [0.29, 0.717) is 0 Å². The first-order valence-electron chi connectivity index (χ1n) is 7.33. The second kappa shape index (κ2) is 8.71. The first kappa shape index (κ1) is 14.7. The van der Waals surface area contributed by atoms with E-state index < -0.39 is 0 Å². The normalized spacial score (nSPS) is 31.3. The van der Waals surface area contributed by atoms with Gasteiger partial charge in [-0.1, -0.05) is 32.3 Å². The average Bonchev–Trinajstić information content (AvgIpc) is 2.84. The first-order chi connectivity index (χ1) is 8.31. The van der Waals surface area contributed by atoms with Gasteiger partial charge in [0.2, 0.25) is 0 Å². The Morgan fingerprint density at radius 3 is 2.82 bits per heavy atom. The number of fused-ring (bicyclic) bond motifs is 1. The fraction of sp³-hybridized carbons (Fsp3) is 0.867. The van der Waals surface area contributed by atoms with E-state index in [1.165, 1.54) is 51.5 Å². The quantitative estimate of drug-likeness (QED) is 0.581. The molecule has 0 aromatic rings. The molecule has 2 nitrogen and oxygen atoms in total. The van der Waals surface area contributed by atoms with Crippen LogP contribution in [0.25, 0.3) is 0 Å². The van der Waals surface area contributed by atoms with Gasteiger partial charge in [-0.15, -0.1) is 6.58 Å². The molecule has 3 unspecified atom stereocenters. The van der Waals surface area contributed by atoms with E-state index in [4.69, 9.17) is 0 Å². The van der Waals surface area contributed by atoms with Crippen molar-refractivity contribution >= 4 is 0 Å². The maximum absolute atomic E-state index is 3.62. The van der Waals surface area contributed by atoms with Crippen molar-refractivity contribution in [2.45, 2.75) is 64.0 Å². The van der Waals surface area contributed by atoms with E-state index >= 15 is 0 Å². The Bertz CT molecular complexity index is 203. The number of nitrogens with one attached hydrogen (secondary N) is 2. The molecule has 2 fully saturated rings. The summed E-state index contributed by atoms with van der Waals surface area (Å²) in [6.45, 7) is 6.96. The number of allylic oxidation sites excluding steroid dienone is 1. The molecule has 1 saturated heterocycles. The summed E-state index contributed by atoms with van der Waals surface area (Å²) in [5.41, 5.74) is 0. The molecule has 1 aliphatic carbocycles. The van der Waals surface area contributed by atoms with Gasteiger partial charge in [-0.2, -0.15) is 0 Å². The highest BCUT2D eigenvalue weighted by Gasteiger charge is 2.32. The molecular weight excluding hydrogens is 208 g/mol. The summed E-state index contributed by atoms with van der Waals surface area (Å²) >= 11 is 0. The molecule has 0 bridgehead atoms. The zero-order chi connectivity index (χ0) is 12.5. The summed E-state index contributed by atoms with van der Waals surface area (Å²) in [5, 5.41) is 6.97. The van der Waals surface area contributed by atoms with Gasteiger partial charge in [-0.05, 0) is 38.6 Å². The van der Waals surface area contributed by atoms with Crippen LogP contribution in [-0.2, 0) is 0 Å². The van der Waals surface area contributed by atoms with Crippen LogP contribution in [0.4, 0.5) is 0 Å². The van der Waals surface area contributed by atoms with Crippen LogP contribution in [0.5, 0.6) is 0 Å². The Labute approximate surface area is 107 Å². The first-order valence-corrected chi connectivity index (χ1v) is 7.33. The fourth-order valence-corrected chi connectivity index (χ4v) is 2.90. The Balaban J connectivity index is 0.000000209. The molecule has 2 N–H and O–H groups in total. The second-order valence-electron chi connectivity index (χ2n) is 5.36. The van der Waals surface area contributed by atoms with Crippen molar-refractivity contribution in [1.29, 1.82) is 0 Å². The molecule has 0 radical (unpaired) electrons. The van der Waals surface area contributed by atoms with Crippen LogP contribution < -0.4 is 10.6 Å². The van der Waals surface area contributed by atoms with Gasteiger partial charge in [0.05, 0.1) is 0 Å². The number of piperidine rings is 1. The van der Waals surface area contributed by atoms with Crippen LogP contribution in [0.15, 0.2) is 12.7 Å². The van der Waals surface area contributed by atoms with Gasteiger partial charge < -0.3 is 10.6 Å². The summed E-state index contributed by atoms with van der Waals surface area (Å²) in [6, 6.07) is 1.59. The topological polar surface area (TPSA) is 24.1 Å². The molecule has 0 aromatic heterocycles. The lowest BCUT2D eigenvalue weighted by Gasteiger charge is -2.32. The van der Waals surface area contributed by atoms with Crippen LogP contribution >= 0.6 is 0 Å². The third-order valence-electron chi connectivity index (χ3n) is 4.04. The van der Waals surface area contributed by atoms with Gasteiger partial charge in [0.1, 0.15) is 0 Å². The molecule has 17 heavy (non-hydrogen) atoms. The number of likely N-dealkylation sites (N-methyl/N-ethyl adjacent to an activating group) is 1. The number of hydrogen-bond acceptors (Lipinski definition) is 2. The Hall–Kier alpha value is -0.340. The van der Waals surface area contributed by atoms with Crippen LogP contribution in [0.3, 0.4) is 0 Å². The van der Waals surface area contributed by atoms with E-state index in [-0.39, 0.29) is 0 Å². The smallest absolute Gasteiger partial charge is 0.0192 e. The minimum Gasteiger partial charge on any atom is -0.316 e. The SMILES string of the molecule is C=CCCCC.CNC1CNC2CCCC2C1. The van der Waals surface area contributed by atoms with E-state index in [1.54, 1.807) is 0 Å². The Kier molecular flexibility index (Phi) is 7.54. The van der Waals surface area contributed by atoms with Crippen LogP contribution in [0, 0.1) is 5.92 Å². The van der Waals surface area contributed by atoms with Gasteiger partial charge in [0, 0.05) is 18.6 Å². The van der Waals surface area contributed by atoms with Crippen molar-refractivity contribution in [2.75, 3.05) is 13.6 Å². The monoisotopic (exact) mass is 238 g/mol. The predicted octanol–water partition coefficient (Wildman–Crippen LogP) is 3.10. The van der Waals surface area contributed by atoms with Crippen molar-refractivity contribution in [1.82, 2.24) is 10.6 Å². The molecule has 100 valence electrons. The third kappa shape index (κ3) is 5.22. The highest BCUT2D eigenvalue weighted by molar-refractivity contribution is 4.91. The fourth-order valence-electron chi connectivity index (χ4n) is 2.90. The molecular formula is C15H30N2. The summed E-state index contributed by atoms with van der Waals surface area (Å²) < 4.78 is 0. The third-order valence-corrected chi connectivity index (χ3v) is 4.04. The lowest BCUT2D eigenvalue weighted by atomic mass is 9.91. The van der Waals surface area contributed by atoms with Crippen molar-refractivity contribution in [3.63, 3.8) is 0 Å². The largest absolute Gasteiger partial charge is 0.316 e. The molecule has 1 saturated carbocycles. The molecule has 1 heterocycles. The van der Waals surface area contributed by atoms with E-state index in [9.17, 15) is 0 Å². The van der Waals surface area contributed by atoms with Crippen LogP contribution in [0.2, 0.25) is 0 Å². The van der Waals surface area contributed by atoms with E-state index in [1.807, 2.05) is 6.08 Å². The van der Waals surface area contributed by atoms with Crippen molar-refractivity contribution in [3.05, 3.63) is 12.7 Å². The lowest BCUT2D eigenvalue weighted by molar-refractivity contribution is 0.269. The second-order valence-corrected chi connectivity index (χ2v) is 5.36. The number of rotatable bonds is 4. The standard InChI is InChI=1S/C9H18N2.C6H12/c1-10-8-5-7-3-2-4-9(7)11-6-8;1-3-5-6-4-2/h7-11H,2-6H2,1H3;3H,1,4-6H2,2H3. The summed E-state index contributed by atoms with van der Waals surface area (Å²) in [7, 11) is 2.07. The molecule has 0 amide bonds. The van der Waals surface area contributed by atoms with E-state index in [2.05, 4.69) is 31.2 Å². The minimum absolute atomic E-state index is 0.731.